The number of nitro groups is 1. The van der Waals surface area contributed by atoms with Gasteiger partial charge in [0.15, 0.2) is 6.23 Å². The molecule has 0 saturated carbocycles. The minimum Gasteiger partial charge on any atom is -0.269 e. The van der Waals surface area contributed by atoms with Gasteiger partial charge in [-0.3, -0.25) is 15.0 Å². The standard InChI is InChI=1S/C11H14N2O3/c1-11(2,3)12-10(16-12)8-4-6-9(7-5-8)13(14)15/h4-7,10H,1-3H3/t10-,12?/m1/s1. The van der Waals surface area contributed by atoms with Gasteiger partial charge in [0.05, 0.1) is 4.92 Å². The van der Waals surface area contributed by atoms with Crippen molar-refractivity contribution in [1.82, 2.24) is 5.06 Å². The number of rotatable bonds is 2. The smallest absolute Gasteiger partial charge is 0.269 e. The lowest BCUT2D eigenvalue weighted by Gasteiger charge is -2.16. The van der Waals surface area contributed by atoms with Gasteiger partial charge in [-0.25, -0.2) is 0 Å². The molecule has 1 heterocycles. The van der Waals surface area contributed by atoms with Crippen LogP contribution in [-0.4, -0.2) is 15.5 Å². The molecule has 16 heavy (non-hydrogen) atoms. The van der Waals surface area contributed by atoms with Gasteiger partial charge >= 0.3 is 0 Å². The summed E-state index contributed by atoms with van der Waals surface area (Å²) < 4.78 is 0. The minimum absolute atomic E-state index is 0.0492. The van der Waals surface area contributed by atoms with Gasteiger partial charge in [-0.1, -0.05) is 0 Å². The molecule has 0 aliphatic carbocycles. The third kappa shape index (κ3) is 2.05. The van der Waals surface area contributed by atoms with Crippen molar-refractivity contribution in [2.24, 2.45) is 0 Å². The molecule has 86 valence electrons. The summed E-state index contributed by atoms with van der Waals surface area (Å²) in [6.45, 7) is 6.16. The molecule has 0 N–H and O–H groups in total. The molecule has 5 heteroatoms. The van der Waals surface area contributed by atoms with Gasteiger partial charge in [0, 0.05) is 23.2 Å². The zero-order chi connectivity index (χ0) is 11.9. The van der Waals surface area contributed by atoms with Crippen molar-refractivity contribution in [2.75, 3.05) is 0 Å². The van der Waals surface area contributed by atoms with Crippen LogP contribution in [0.1, 0.15) is 32.6 Å². The molecule has 1 saturated heterocycles. The maximum absolute atomic E-state index is 10.5. The topological polar surface area (TPSA) is 58.7 Å². The molecule has 1 aliphatic rings. The molecule has 1 unspecified atom stereocenters. The molecule has 0 radical (unpaired) electrons. The van der Waals surface area contributed by atoms with Crippen molar-refractivity contribution >= 4 is 5.69 Å². The molecule has 5 nitrogen and oxygen atoms in total. The van der Waals surface area contributed by atoms with E-state index in [9.17, 15) is 10.1 Å². The summed E-state index contributed by atoms with van der Waals surface area (Å²) in [5, 5.41) is 12.4. The highest BCUT2D eigenvalue weighted by atomic mass is 16.8. The van der Waals surface area contributed by atoms with Crippen molar-refractivity contribution in [1.29, 1.82) is 0 Å². The van der Waals surface area contributed by atoms with E-state index in [2.05, 4.69) is 20.8 Å². The molecule has 0 bridgehead atoms. The van der Waals surface area contributed by atoms with Gasteiger partial charge in [0.2, 0.25) is 0 Å². The number of nitro benzene ring substituents is 1. The average Bonchev–Trinajstić information content (AvgIpc) is 2.96. The Bertz CT molecular complexity index is 408. The second-order valence-electron chi connectivity index (χ2n) is 4.80. The quantitative estimate of drug-likeness (QED) is 0.438. The van der Waals surface area contributed by atoms with Gasteiger partial charge in [0.1, 0.15) is 0 Å². The Hall–Kier alpha value is -1.46. The molecule has 0 spiro atoms. The molecular weight excluding hydrogens is 208 g/mol. The lowest BCUT2D eigenvalue weighted by Crippen LogP contribution is -2.25. The Morgan fingerprint density at radius 1 is 1.31 bits per heavy atom. The van der Waals surface area contributed by atoms with Gasteiger partial charge in [-0.05, 0) is 32.9 Å². The lowest BCUT2D eigenvalue weighted by molar-refractivity contribution is -0.384. The van der Waals surface area contributed by atoms with Crippen LogP contribution in [0, 0.1) is 10.1 Å². The summed E-state index contributed by atoms with van der Waals surface area (Å²) in [6.07, 6.45) is -0.0687. The van der Waals surface area contributed by atoms with E-state index < -0.39 is 4.92 Å². The van der Waals surface area contributed by atoms with Crippen LogP contribution in [0.5, 0.6) is 0 Å². The van der Waals surface area contributed by atoms with E-state index in [1.165, 1.54) is 12.1 Å². The van der Waals surface area contributed by atoms with Crippen LogP contribution in [0.25, 0.3) is 0 Å². The van der Waals surface area contributed by atoms with E-state index in [-0.39, 0.29) is 17.5 Å². The Morgan fingerprint density at radius 2 is 1.88 bits per heavy atom. The number of nitrogens with zero attached hydrogens (tertiary/aromatic N) is 2. The number of non-ortho nitro benzene ring substituents is 1. The highest BCUT2D eigenvalue weighted by Gasteiger charge is 2.45. The van der Waals surface area contributed by atoms with E-state index in [1.807, 2.05) is 5.06 Å². The Balaban J connectivity index is 2.11. The second kappa shape index (κ2) is 3.54. The third-order valence-electron chi connectivity index (χ3n) is 2.43. The van der Waals surface area contributed by atoms with Gasteiger partial charge in [-0.15, -0.1) is 5.06 Å². The lowest BCUT2D eigenvalue weighted by atomic mass is 10.1. The number of hydrogen-bond donors (Lipinski definition) is 0. The zero-order valence-electron chi connectivity index (χ0n) is 9.51. The van der Waals surface area contributed by atoms with Crippen LogP contribution in [0.3, 0.4) is 0 Å². The van der Waals surface area contributed by atoms with Crippen LogP contribution in [0.4, 0.5) is 5.69 Å². The van der Waals surface area contributed by atoms with Crippen LogP contribution in [0.2, 0.25) is 0 Å². The first-order valence-corrected chi connectivity index (χ1v) is 5.10. The predicted molar refractivity (Wildman–Crippen MR) is 58.5 cm³/mol. The maximum Gasteiger partial charge on any atom is 0.269 e. The first kappa shape index (κ1) is 11.0. The summed E-state index contributed by atoms with van der Waals surface area (Å²) in [5.74, 6) is 0. The summed E-state index contributed by atoms with van der Waals surface area (Å²) in [7, 11) is 0. The van der Waals surface area contributed by atoms with Crippen molar-refractivity contribution in [3.8, 4) is 0 Å². The predicted octanol–water partition coefficient (Wildman–Crippen LogP) is 2.64. The van der Waals surface area contributed by atoms with Crippen molar-refractivity contribution in [2.45, 2.75) is 32.5 Å². The van der Waals surface area contributed by atoms with Crippen LogP contribution in [0.15, 0.2) is 24.3 Å². The average molecular weight is 222 g/mol. The van der Waals surface area contributed by atoms with E-state index in [4.69, 9.17) is 4.84 Å². The number of benzene rings is 1. The second-order valence-corrected chi connectivity index (χ2v) is 4.80. The van der Waals surface area contributed by atoms with Crippen LogP contribution >= 0.6 is 0 Å². The summed E-state index contributed by atoms with van der Waals surface area (Å²) in [5.41, 5.74) is 0.999. The molecule has 2 rings (SSSR count). The normalized spacial score (nSPS) is 24.2. The monoisotopic (exact) mass is 222 g/mol. The minimum atomic E-state index is -0.404. The van der Waals surface area contributed by atoms with E-state index in [1.54, 1.807) is 12.1 Å². The van der Waals surface area contributed by atoms with Crippen molar-refractivity contribution < 1.29 is 9.76 Å². The van der Waals surface area contributed by atoms with Gasteiger partial charge in [-0.2, -0.15) is 0 Å². The van der Waals surface area contributed by atoms with Crippen molar-refractivity contribution in [3.05, 3.63) is 39.9 Å². The molecule has 1 aromatic rings. The summed E-state index contributed by atoms with van der Waals surface area (Å²) >= 11 is 0. The molecule has 1 fully saturated rings. The van der Waals surface area contributed by atoms with Crippen LogP contribution < -0.4 is 0 Å². The highest BCUT2D eigenvalue weighted by Crippen LogP contribution is 2.43. The van der Waals surface area contributed by atoms with E-state index in [0.29, 0.717) is 0 Å². The molecule has 0 aromatic heterocycles. The number of hydroxylamine groups is 2. The Kier molecular flexibility index (Phi) is 2.44. The first-order valence-electron chi connectivity index (χ1n) is 5.10. The fourth-order valence-corrected chi connectivity index (χ4v) is 1.55. The largest absolute Gasteiger partial charge is 0.269 e. The molecule has 0 amide bonds. The van der Waals surface area contributed by atoms with Gasteiger partial charge in [0.25, 0.3) is 5.69 Å². The molecular formula is C11H14N2O3. The molecule has 2 atom stereocenters. The highest BCUT2D eigenvalue weighted by molar-refractivity contribution is 5.34. The first-order chi connectivity index (χ1) is 7.39. The fraction of sp³-hybridized carbons (Fsp3) is 0.455. The van der Waals surface area contributed by atoms with Gasteiger partial charge < -0.3 is 0 Å². The SMILES string of the molecule is CC(C)(C)N1O[C@@H]1c1ccc([N+](=O)[O-])cc1. The van der Waals surface area contributed by atoms with Crippen LogP contribution in [-0.2, 0) is 4.84 Å². The molecule has 1 aliphatic heterocycles. The van der Waals surface area contributed by atoms with E-state index >= 15 is 0 Å². The Labute approximate surface area is 93.7 Å². The van der Waals surface area contributed by atoms with E-state index in [0.717, 1.165) is 5.56 Å². The third-order valence-corrected chi connectivity index (χ3v) is 2.43. The fourth-order valence-electron chi connectivity index (χ4n) is 1.55. The molecule has 1 aromatic carbocycles. The Morgan fingerprint density at radius 3 is 2.25 bits per heavy atom. The van der Waals surface area contributed by atoms with Crippen molar-refractivity contribution in [3.63, 3.8) is 0 Å². The summed E-state index contributed by atoms with van der Waals surface area (Å²) in [6, 6.07) is 6.46. The summed E-state index contributed by atoms with van der Waals surface area (Å²) in [4.78, 5) is 15.5. The zero-order valence-corrected chi connectivity index (χ0v) is 9.51. The number of hydrogen-bond acceptors (Lipinski definition) is 4. The maximum atomic E-state index is 10.5.